The van der Waals surface area contributed by atoms with Gasteiger partial charge in [0.25, 0.3) is 0 Å². The van der Waals surface area contributed by atoms with E-state index in [1.165, 1.54) is 95.5 Å². The van der Waals surface area contributed by atoms with Crippen LogP contribution < -0.4 is 4.74 Å². The number of hydrogen-bond donors (Lipinski definition) is 0. The van der Waals surface area contributed by atoms with Crippen molar-refractivity contribution < 1.29 is 9.47 Å². The molecule has 0 bridgehead atoms. The van der Waals surface area contributed by atoms with Crippen LogP contribution in [0.15, 0.2) is 36.4 Å². The topological polar surface area (TPSA) is 21.8 Å². The third-order valence-corrected chi connectivity index (χ3v) is 6.07. The number of rotatable bonds is 19. The molecule has 1 heterocycles. The van der Waals surface area contributed by atoms with Gasteiger partial charge in [-0.25, -0.2) is 0 Å². The van der Waals surface area contributed by atoms with E-state index in [9.17, 15) is 0 Å². The van der Waals surface area contributed by atoms with Crippen molar-refractivity contribution in [3.8, 4) is 5.75 Å². The van der Waals surface area contributed by atoms with E-state index < -0.39 is 0 Å². The van der Waals surface area contributed by atoms with Gasteiger partial charge in [0.15, 0.2) is 0 Å². The largest absolute Gasteiger partial charge is 0.490 e. The molecule has 0 saturated carbocycles. The lowest BCUT2D eigenvalue weighted by Gasteiger charge is -2.09. The van der Waals surface area contributed by atoms with Crippen molar-refractivity contribution in [3.63, 3.8) is 0 Å². The molecule has 2 rings (SSSR count). The molecule has 0 amide bonds. The Balaban J connectivity index is 1.39. The Morgan fingerprint density at radius 1 is 0.867 bits per heavy atom. The lowest BCUT2D eigenvalue weighted by atomic mass is 10.0. The predicted molar refractivity (Wildman–Crippen MR) is 129 cm³/mol. The molecule has 1 fully saturated rings. The number of hydrogen-bond acceptors (Lipinski definition) is 2. The van der Waals surface area contributed by atoms with E-state index in [1.54, 1.807) is 0 Å². The molecule has 30 heavy (non-hydrogen) atoms. The van der Waals surface area contributed by atoms with Gasteiger partial charge in [-0.1, -0.05) is 108 Å². The first-order chi connectivity index (χ1) is 14.7. The Morgan fingerprint density at radius 3 is 2.07 bits per heavy atom. The summed E-state index contributed by atoms with van der Waals surface area (Å²) in [4.78, 5) is 0. The monoisotopic (exact) mass is 414 g/mol. The van der Waals surface area contributed by atoms with E-state index in [4.69, 9.17) is 9.47 Å². The van der Waals surface area contributed by atoms with Crippen LogP contribution >= 0.6 is 0 Å². The van der Waals surface area contributed by atoms with Crippen LogP contribution in [0.4, 0.5) is 0 Å². The highest BCUT2D eigenvalue weighted by atomic mass is 16.6. The fourth-order valence-electron chi connectivity index (χ4n) is 3.82. The summed E-state index contributed by atoms with van der Waals surface area (Å²) in [6.45, 7) is 5.84. The quantitative estimate of drug-likeness (QED) is 0.129. The molecule has 0 spiro atoms. The van der Waals surface area contributed by atoms with Crippen molar-refractivity contribution in [2.75, 3.05) is 13.2 Å². The molecule has 2 nitrogen and oxygen atoms in total. The average Bonchev–Trinajstić information content (AvgIpc) is 3.50. The van der Waals surface area contributed by atoms with Gasteiger partial charge in [-0.3, -0.25) is 0 Å². The summed E-state index contributed by atoms with van der Waals surface area (Å²) >= 11 is 0. The van der Waals surface area contributed by atoms with Gasteiger partial charge in [0.2, 0.25) is 0 Å². The Kier molecular flexibility index (Phi) is 12.9. The molecule has 0 N–H and O–H groups in total. The third-order valence-electron chi connectivity index (χ3n) is 6.07. The molecule has 1 atom stereocenters. The summed E-state index contributed by atoms with van der Waals surface area (Å²) in [5.74, 6) is 0.953. The van der Waals surface area contributed by atoms with E-state index in [-0.39, 0.29) is 5.60 Å². The maximum atomic E-state index is 5.86. The fourth-order valence-corrected chi connectivity index (χ4v) is 3.82. The summed E-state index contributed by atoms with van der Waals surface area (Å²) < 4.78 is 11.2. The molecular formula is C28H46O2. The fraction of sp³-hybridized carbons (Fsp3) is 0.714. The summed E-state index contributed by atoms with van der Waals surface area (Å²) in [5, 5.41) is 0. The number of unbranched alkanes of at least 4 members (excludes halogenated alkanes) is 13. The van der Waals surface area contributed by atoms with Gasteiger partial charge >= 0.3 is 0 Å². The standard InChI is InChI=1S/C28H46O2/c1-3-4-5-6-7-8-9-10-11-12-13-14-15-16-17-18-20-26-21-19-22-27(23-26)29-24-28(2)25-30-28/h17-19,21-23H,3-16,20,24-25H2,1-2H3/b18-17+. The molecule has 2 heteroatoms. The molecule has 0 aliphatic carbocycles. The van der Waals surface area contributed by atoms with Crippen LogP contribution in [0.5, 0.6) is 5.75 Å². The lowest BCUT2D eigenvalue weighted by Crippen LogP contribution is -2.16. The van der Waals surface area contributed by atoms with E-state index in [2.05, 4.69) is 44.2 Å². The summed E-state index contributed by atoms with van der Waals surface area (Å²) in [6, 6.07) is 8.45. The average molecular weight is 415 g/mol. The van der Waals surface area contributed by atoms with Crippen molar-refractivity contribution in [1.82, 2.24) is 0 Å². The Labute approximate surface area is 186 Å². The van der Waals surface area contributed by atoms with E-state index in [0.717, 1.165) is 18.8 Å². The van der Waals surface area contributed by atoms with E-state index in [0.29, 0.717) is 6.61 Å². The molecule has 1 aromatic rings. The smallest absolute Gasteiger partial charge is 0.123 e. The Morgan fingerprint density at radius 2 is 1.47 bits per heavy atom. The summed E-state index contributed by atoms with van der Waals surface area (Å²) in [7, 11) is 0. The lowest BCUT2D eigenvalue weighted by molar-refractivity contribution is 0.202. The van der Waals surface area contributed by atoms with Gasteiger partial charge in [-0.15, -0.1) is 0 Å². The minimum absolute atomic E-state index is 0.0518. The normalized spacial score (nSPS) is 18.2. The van der Waals surface area contributed by atoms with Crippen LogP contribution in [0, 0.1) is 0 Å². The first-order valence-electron chi connectivity index (χ1n) is 12.7. The van der Waals surface area contributed by atoms with Crippen molar-refractivity contribution in [2.24, 2.45) is 0 Å². The second-order valence-electron chi connectivity index (χ2n) is 9.38. The molecule has 1 aliphatic rings. The van der Waals surface area contributed by atoms with Crippen molar-refractivity contribution in [1.29, 1.82) is 0 Å². The molecule has 1 saturated heterocycles. The van der Waals surface area contributed by atoms with Gasteiger partial charge in [0, 0.05) is 0 Å². The Bertz CT molecular complexity index is 574. The van der Waals surface area contributed by atoms with Crippen LogP contribution in [-0.2, 0) is 11.2 Å². The Hall–Kier alpha value is -1.28. The molecule has 0 radical (unpaired) electrons. The molecule has 1 aromatic carbocycles. The van der Waals surface area contributed by atoms with Crippen LogP contribution in [0.3, 0.4) is 0 Å². The maximum absolute atomic E-state index is 5.86. The molecule has 170 valence electrons. The number of ether oxygens (including phenoxy) is 2. The van der Waals surface area contributed by atoms with Gasteiger partial charge in [0.1, 0.15) is 18.0 Å². The number of benzene rings is 1. The van der Waals surface area contributed by atoms with Crippen molar-refractivity contribution in [3.05, 3.63) is 42.0 Å². The van der Waals surface area contributed by atoms with Crippen LogP contribution in [-0.4, -0.2) is 18.8 Å². The number of epoxide rings is 1. The predicted octanol–water partition coefficient (Wildman–Crippen LogP) is 8.43. The van der Waals surface area contributed by atoms with E-state index >= 15 is 0 Å². The SMILES string of the molecule is CCCCCCCCCCCCCCC/C=C/Cc1cccc(OCC2(C)CO2)c1. The molecule has 0 aromatic heterocycles. The van der Waals surface area contributed by atoms with Crippen molar-refractivity contribution >= 4 is 0 Å². The third kappa shape index (κ3) is 12.4. The van der Waals surface area contributed by atoms with E-state index in [1.807, 2.05) is 6.07 Å². The second-order valence-corrected chi connectivity index (χ2v) is 9.38. The maximum Gasteiger partial charge on any atom is 0.123 e. The highest BCUT2D eigenvalue weighted by Crippen LogP contribution is 2.27. The van der Waals surface area contributed by atoms with Crippen LogP contribution in [0.2, 0.25) is 0 Å². The minimum Gasteiger partial charge on any atom is -0.490 e. The molecular weight excluding hydrogens is 368 g/mol. The molecule has 1 unspecified atom stereocenters. The summed E-state index contributed by atoms with van der Waals surface area (Å²) in [5.41, 5.74) is 1.26. The summed E-state index contributed by atoms with van der Waals surface area (Å²) in [6.07, 6.45) is 25.3. The van der Waals surface area contributed by atoms with Crippen LogP contribution in [0.25, 0.3) is 0 Å². The zero-order valence-electron chi connectivity index (χ0n) is 19.8. The zero-order chi connectivity index (χ0) is 21.3. The van der Waals surface area contributed by atoms with Crippen LogP contribution in [0.1, 0.15) is 109 Å². The first kappa shape index (κ1) is 25.0. The minimum atomic E-state index is -0.0518. The second kappa shape index (κ2) is 15.5. The molecule has 1 aliphatic heterocycles. The van der Waals surface area contributed by atoms with Gasteiger partial charge in [-0.05, 0) is 43.9 Å². The number of allylic oxidation sites excluding steroid dienone is 2. The first-order valence-corrected chi connectivity index (χ1v) is 12.7. The zero-order valence-corrected chi connectivity index (χ0v) is 19.8. The van der Waals surface area contributed by atoms with Gasteiger partial charge in [-0.2, -0.15) is 0 Å². The van der Waals surface area contributed by atoms with Gasteiger partial charge in [0.05, 0.1) is 6.61 Å². The highest BCUT2D eigenvalue weighted by molar-refractivity contribution is 5.30. The van der Waals surface area contributed by atoms with Crippen molar-refractivity contribution in [2.45, 2.75) is 116 Å². The van der Waals surface area contributed by atoms with Gasteiger partial charge < -0.3 is 9.47 Å². The highest BCUT2D eigenvalue weighted by Gasteiger charge is 2.40.